The van der Waals surface area contributed by atoms with Crippen molar-refractivity contribution < 1.29 is 4.79 Å². The molecular formula is C17H20N6O2. The van der Waals surface area contributed by atoms with Crippen LogP contribution >= 0.6 is 0 Å². The fourth-order valence-corrected chi connectivity index (χ4v) is 2.77. The third-order valence-electron chi connectivity index (χ3n) is 4.00. The molecular weight excluding hydrogens is 320 g/mol. The molecule has 25 heavy (non-hydrogen) atoms. The van der Waals surface area contributed by atoms with Gasteiger partial charge < -0.3 is 10.2 Å². The fraction of sp³-hybridized carbons (Fsp3) is 0.294. The van der Waals surface area contributed by atoms with Crippen LogP contribution in [0.1, 0.15) is 6.42 Å². The second-order valence-electron chi connectivity index (χ2n) is 5.93. The standard InChI is InChI=1S/C17H20N6O2/c1-21(2)16-12(10-18-11-19-16)20-15(24)8-9-23-14-7-5-4-6-13(14)22(3)17(23)25/h4-7,10-11H,8-9H2,1-3H3,(H,20,24). The molecule has 0 atom stereocenters. The molecule has 0 fully saturated rings. The maximum Gasteiger partial charge on any atom is 0.328 e. The van der Waals surface area contributed by atoms with Gasteiger partial charge in [-0.3, -0.25) is 13.9 Å². The number of amides is 1. The summed E-state index contributed by atoms with van der Waals surface area (Å²) in [6.45, 7) is 0.303. The highest BCUT2D eigenvalue weighted by Gasteiger charge is 2.13. The summed E-state index contributed by atoms with van der Waals surface area (Å²) in [5, 5.41) is 2.81. The van der Waals surface area contributed by atoms with E-state index in [1.54, 1.807) is 27.3 Å². The Kier molecular flexibility index (Phi) is 4.51. The highest BCUT2D eigenvalue weighted by Crippen LogP contribution is 2.19. The molecule has 0 spiro atoms. The van der Waals surface area contributed by atoms with Gasteiger partial charge >= 0.3 is 5.69 Å². The second kappa shape index (κ2) is 6.76. The normalized spacial score (nSPS) is 10.8. The van der Waals surface area contributed by atoms with Gasteiger partial charge in [0.1, 0.15) is 12.0 Å². The number of carbonyl (C=O) groups excluding carboxylic acids is 1. The largest absolute Gasteiger partial charge is 0.361 e. The summed E-state index contributed by atoms with van der Waals surface area (Å²) >= 11 is 0. The lowest BCUT2D eigenvalue weighted by atomic mass is 10.3. The van der Waals surface area contributed by atoms with Crippen molar-refractivity contribution in [2.24, 2.45) is 7.05 Å². The number of nitrogens with zero attached hydrogens (tertiary/aromatic N) is 5. The minimum absolute atomic E-state index is 0.133. The average Bonchev–Trinajstić information content (AvgIpc) is 2.85. The van der Waals surface area contributed by atoms with Crippen molar-refractivity contribution in [3.8, 4) is 0 Å². The van der Waals surface area contributed by atoms with Crippen LogP contribution in [0.2, 0.25) is 0 Å². The van der Waals surface area contributed by atoms with Crippen LogP contribution in [0.3, 0.4) is 0 Å². The second-order valence-corrected chi connectivity index (χ2v) is 5.93. The number of rotatable bonds is 5. The third kappa shape index (κ3) is 3.23. The average molecular weight is 340 g/mol. The summed E-state index contributed by atoms with van der Waals surface area (Å²) in [4.78, 5) is 34.6. The minimum Gasteiger partial charge on any atom is -0.361 e. The number of aryl methyl sites for hydroxylation is 2. The van der Waals surface area contributed by atoms with Crippen LogP contribution in [0.5, 0.6) is 0 Å². The van der Waals surface area contributed by atoms with Crippen molar-refractivity contribution in [1.29, 1.82) is 0 Å². The molecule has 2 heterocycles. The molecule has 0 saturated heterocycles. The van der Waals surface area contributed by atoms with Gasteiger partial charge in [-0.1, -0.05) is 12.1 Å². The zero-order valence-electron chi connectivity index (χ0n) is 14.4. The van der Waals surface area contributed by atoms with Crippen molar-refractivity contribution >= 4 is 28.4 Å². The molecule has 1 aromatic carbocycles. The van der Waals surface area contributed by atoms with Crippen molar-refractivity contribution in [2.75, 3.05) is 24.3 Å². The number of para-hydroxylation sites is 2. The molecule has 0 unspecified atom stereocenters. The summed E-state index contributed by atoms with van der Waals surface area (Å²) in [5.41, 5.74) is 2.08. The summed E-state index contributed by atoms with van der Waals surface area (Å²) < 4.78 is 3.20. The van der Waals surface area contributed by atoms with Crippen molar-refractivity contribution in [1.82, 2.24) is 19.1 Å². The van der Waals surface area contributed by atoms with E-state index in [0.717, 1.165) is 11.0 Å². The van der Waals surface area contributed by atoms with Crippen molar-refractivity contribution in [3.05, 3.63) is 47.3 Å². The van der Waals surface area contributed by atoms with Crippen LogP contribution < -0.4 is 15.9 Å². The van der Waals surface area contributed by atoms with E-state index in [1.165, 1.54) is 6.33 Å². The number of anilines is 2. The van der Waals surface area contributed by atoms with Crippen molar-refractivity contribution in [2.45, 2.75) is 13.0 Å². The van der Waals surface area contributed by atoms with Crippen LogP contribution in [0.25, 0.3) is 11.0 Å². The van der Waals surface area contributed by atoms with E-state index in [4.69, 9.17) is 0 Å². The minimum atomic E-state index is -0.197. The van der Waals surface area contributed by atoms with Crippen molar-refractivity contribution in [3.63, 3.8) is 0 Å². The summed E-state index contributed by atoms with van der Waals surface area (Å²) in [6.07, 6.45) is 3.17. The van der Waals surface area contributed by atoms with E-state index in [9.17, 15) is 9.59 Å². The number of benzene rings is 1. The van der Waals surface area contributed by atoms with E-state index in [1.807, 2.05) is 38.4 Å². The maximum atomic E-state index is 12.4. The fourth-order valence-electron chi connectivity index (χ4n) is 2.77. The van der Waals surface area contributed by atoms with E-state index >= 15 is 0 Å². The number of imidazole rings is 1. The van der Waals surface area contributed by atoms with E-state index in [2.05, 4.69) is 15.3 Å². The molecule has 1 N–H and O–H groups in total. The molecule has 2 aromatic heterocycles. The Morgan fingerprint density at radius 1 is 1.24 bits per heavy atom. The van der Waals surface area contributed by atoms with Gasteiger partial charge in [-0.2, -0.15) is 0 Å². The summed E-state index contributed by atoms with van der Waals surface area (Å²) in [7, 11) is 5.41. The zero-order chi connectivity index (χ0) is 18.0. The Balaban J connectivity index is 1.76. The van der Waals surface area contributed by atoms with Gasteiger partial charge in [-0.05, 0) is 12.1 Å². The van der Waals surface area contributed by atoms with Crippen LogP contribution in [0, 0.1) is 0 Å². The first kappa shape index (κ1) is 16.7. The molecule has 3 rings (SSSR count). The summed E-state index contributed by atoms with van der Waals surface area (Å²) in [6, 6.07) is 7.53. The first-order valence-corrected chi connectivity index (χ1v) is 7.90. The SMILES string of the molecule is CN(C)c1ncncc1NC(=O)CCn1c(=O)n(C)c2ccccc21. The number of aromatic nitrogens is 4. The number of carbonyl (C=O) groups is 1. The third-order valence-corrected chi connectivity index (χ3v) is 4.00. The number of nitrogens with one attached hydrogen (secondary N) is 1. The van der Waals surface area contributed by atoms with Gasteiger partial charge in [0.05, 0.1) is 17.2 Å². The lowest BCUT2D eigenvalue weighted by molar-refractivity contribution is -0.116. The first-order valence-electron chi connectivity index (χ1n) is 7.90. The quantitative estimate of drug-likeness (QED) is 0.755. The van der Waals surface area contributed by atoms with Gasteiger partial charge in [0.2, 0.25) is 5.91 Å². The van der Waals surface area contributed by atoms with Gasteiger partial charge in [0.25, 0.3) is 0 Å². The van der Waals surface area contributed by atoms with E-state index in [0.29, 0.717) is 18.1 Å². The zero-order valence-corrected chi connectivity index (χ0v) is 14.4. The predicted octanol–water partition coefficient (Wildman–Crippen LogP) is 1.22. The van der Waals surface area contributed by atoms with Crippen LogP contribution in [0.15, 0.2) is 41.6 Å². The maximum absolute atomic E-state index is 12.4. The molecule has 1 amide bonds. The molecule has 130 valence electrons. The Morgan fingerprint density at radius 2 is 1.96 bits per heavy atom. The smallest absolute Gasteiger partial charge is 0.328 e. The highest BCUT2D eigenvalue weighted by atomic mass is 16.2. The van der Waals surface area contributed by atoms with Crippen LogP contribution in [-0.4, -0.2) is 39.1 Å². The number of hydrogen-bond donors (Lipinski definition) is 1. The Labute approximate surface area is 144 Å². The molecule has 0 bridgehead atoms. The van der Waals surface area contributed by atoms with Crippen LogP contribution in [0.4, 0.5) is 11.5 Å². The molecule has 0 aliphatic carbocycles. The number of hydrogen-bond acceptors (Lipinski definition) is 5. The monoisotopic (exact) mass is 340 g/mol. The Bertz CT molecular complexity index is 973. The highest BCUT2D eigenvalue weighted by molar-refractivity contribution is 5.93. The van der Waals surface area contributed by atoms with E-state index < -0.39 is 0 Å². The van der Waals surface area contributed by atoms with Gasteiger partial charge in [0, 0.05) is 34.1 Å². The van der Waals surface area contributed by atoms with Crippen LogP contribution in [-0.2, 0) is 18.4 Å². The topological polar surface area (TPSA) is 85.1 Å². The lowest BCUT2D eigenvalue weighted by Gasteiger charge is -2.15. The predicted molar refractivity (Wildman–Crippen MR) is 96.8 cm³/mol. The lowest BCUT2D eigenvalue weighted by Crippen LogP contribution is -2.25. The van der Waals surface area contributed by atoms with Gasteiger partial charge in [-0.15, -0.1) is 0 Å². The molecule has 8 heteroatoms. The first-order chi connectivity index (χ1) is 12.0. The summed E-state index contributed by atoms with van der Waals surface area (Å²) in [5.74, 6) is 0.434. The number of fused-ring (bicyclic) bond motifs is 1. The molecule has 0 aliphatic rings. The Hall–Kier alpha value is -3.16. The van der Waals surface area contributed by atoms with Gasteiger partial charge in [0.15, 0.2) is 5.82 Å². The van der Waals surface area contributed by atoms with E-state index in [-0.39, 0.29) is 18.0 Å². The molecule has 0 radical (unpaired) electrons. The molecule has 8 nitrogen and oxygen atoms in total. The molecule has 3 aromatic rings. The molecule has 0 aliphatic heterocycles. The van der Waals surface area contributed by atoms with Gasteiger partial charge in [-0.25, -0.2) is 14.8 Å². The Morgan fingerprint density at radius 3 is 2.68 bits per heavy atom. The molecule has 0 saturated carbocycles.